The van der Waals surface area contributed by atoms with Crippen LogP contribution in [0.5, 0.6) is 5.75 Å². The molecule has 1 aromatic carbocycles. The Bertz CT molecular complexity index is 657. The number of aliphatic hydroxyl groups is 1. The molecule has 0 fully saturated rings. The smallest absolute Gasteiger partial charge is 0.313 e. The fraction of sp³-hybridized carbons (Fsp3) is 0.400. The van der Waals surface area contributed by atoms with Crippen molar-refractivity contribution in [3.05, 3.63) is 18.2 Å². The van der Waals surface area contributed by atoms with Crippen LogP contribution in [0.1, 0.15) is 13.8 Å². The van der Waals surface area contributed by atoms with Crippen molar-refractivity contribution >= 4 is 29.1 Å². The number of anilines is 2. The van der Waals surface area contributed by atoms with Crippen molar-refractivity contribution in [3.63, 3.8) is 0 Å². The molecule has 0 atom stereocenters. The van der Waals surface area contributed by atoms with E-state index in [9.17, 15) is 14.4 Å². The van der Waals surface area contributed by atoms with Gasteiger partial charge in [-0.1, -0.05) is 0 Å². The van der Waals surface area contributed by atoms with Gasteiger partial charge in [0.25, 0.3) is 5.91 Å². The summed E-state index contributed by atoms with van der Waals surface area (Å²) >= 11 is 0. The largest absolute Gasteiger partial charge is 0.482 e. The molecule has 1 aliphatic heterocycles. The maximum atomic E-state index is 11.9. The summed E-state index contributed by atoms with van der Waals surface area (Å²) in [5.74, 6) is -1.40. The maximum Gasteiger partial charge on any atom is 0.313 e. The highest BCUT2D eigenvalue weighted by Crippen LogP contribution is 2.33. The van der Waals surface area contributed by atoms with Crippen LogP contribution >= 0.6 is 0 Å². The second-order valence-electron chi connectivity index (χ2n) is 5.87. The van der Waals surface area contributed by atoms with Crippen LogP contribution in [0.15, 0.2) is 18.2 Å². The number of nitrogens with one attached hydrogen (secondary N) is 2. The Morgan fingerprint density at radius 2 is 2.04 bits per heavy atom. The van der Waals surface area contributed by atoms with Crippen molar-refractivity contribution in [2.75, 3.05) is 30.5 Å². The lowest BCUT2D eigenvalue weighted by atomic mass is 10.1. The third-order valence-electron chi connectivity index (χ3n) is 3.36. The molecule has 0 unspecified atom stereocenters. The van der Waals surface area contributed by atoms with Crippen molar-refractivity contribution in [3.8, 4) is 5.75 Å². The summed E-state index contributed by atoms with van der Waals surface area (Å²) in [5.41, 5.74) is -0.0314. The fourth-order valence-corrected chi connectivity index (χ4v) is 1.94. The van der Waals surface area contributed by atoms with Crippen molar-refractivity contribution in [1.82, 2.24) is 5.32 Å². The van der Waals surface area contributed by atoms with E-state index in [1.807, 2.05) is 0 Å². The highest BCUT2D eigenvalue weighted by atomic mass is 16.5. The summed E-state index contributed by atoms with van der Waals surface area (Å²) in [6, 6.07) is 4.74. The number of carbonyl (C=O) groups excluding carboxylic acids is 3. The molecule has 0 aliphatic carbocycles. The summed E-state index contributed by atoms with van der Waals surface area (Å²) in [6.07, 6.45) is 0. The second kappa shape index (κ2) is 6.25. The van der Waals surface area contributed by atoms with Gasteiger partial charge in [0.15, 0.2) is 6.61 Å². The number of amides is 3. The van der Waals surface area contributed by atoms with Crippen LogP contribution in [0.25, 0.3) is 0 Å². The van der Waals surface area contributed by atoms with Gasteiger partial charge in [0, 0.05) is 12.7 Å². The first-order chi connectivity index (χ1) is 10.7. The van der Waals surface area contributed by atoms with Crippen LogP contribution in [0.4, 0.5) is 11.4 Å². The molecule has 8 heteroatoms. The molecular weight excluding hydrogens is 302 g/mol. The van der Waals surface area contributed by atoms with E-state index in [0.29, 0.717) is 17.1 Å². The zero-order valence-electron chi connectivity index (χ0n) is 13.2. The molecule has 0 saturated carbocycles. The maximum absolute atomic E-state index is 11.9. The van der Waals surface area contributed by atoms with Gasteiger partial charge in [-0.05, 0) is 32.0 Å². The predicted molar refractivity (Wildman–Crippen MR) is 83.3 cm³/mol. The monoisotopic (exact) mass is 321 g/mol. The fourth-order valence-electron chi connectivity index (χ4n) is 1.94. The number of carbonyl (C=O) groups is 3. The molecule has 1 heterocycles. The summed E-state index contributed by atoms with van der Waals surface area (Å²) < 4.78 is 5.28. The number of benzene rings is 1. The Morgan fingerprint density at radius 3 is 2.70 bits per heavy atom. The van der Waals surface area contributed by atoms with Gasteiger partial charge in [-0.25, -0.2) is 0 Å². The Hall–Kier alpha value is -2.61. The zero-order valence-corrected chi connectivity index (χ0v) is 13.2. The lowest BCUT2D eigenvalue weighted by Gasteiger charge is -2.26. The lowest BCUT2D eigenvalue weighted by Crippen LogP contribution is -2.50. The van der Waals surface area contributed by atoms with E-state index in [-0.39, 0.29) is 19.1 Å². The third kappa shape index (κ3) is 3.78. The van der Waals surface area contributed by atoms with Crippen LogP contribution < -0.4 is 20.3 Å². The van der Waals surface area contributed by atoms with Gasteiger partial charge in [-0.15, -0.1) is 0 Å². The molecule has 1 aliphatic rings. The van der Waals surface area contributed by atoms with E-state index >= 15 is 0 Å². The normalized spacial score (nSPS) is 13.9. The van der Waals surface area contributed by atoms with Gasteiger partial charge in [-0.2, -0.15) is 0 Å². The summed E-state index contributed by atoms with van der Waals surface area (Å²) in [6.45, 7) is 2.85. The van der Waals surface area contributed by atoms with Gasteiger partial charge in [0.05, 0.1) is 17.8 Å². The highest BCUT2D eigenvalue weighted by molar-refractivity contribution is 6.39. The van der Waals surface area contributed by atoms with E-state index < -0.39 is 17.4 Å². The average Bonchev–Trinajstić information content (AvgIpc) is 2.51. The van der Waals surface area contributed by atoms with Gasteiger partial charge in [0.2, 0.25) is 0 Å². The second-order valence-corrected chi connectivity index (χ2v) is 5.87. The Morgan fingerprint density at radius 1 is 1.35 bits per heavy atom. The van der Waals surface area contributed by atoms with Crippen molar-refractivity contribution in [2.45, 2.75) is 19.4 Å². The topological polar surface area (TPSA) is 108 Å². The number of hydrogen-bond acceptors (Lipinski definition) is 5. The van der Waals surface area contributed by atoms with Crippen LogP contribution in [0.2, 0.25) is 0 Å². The molecule has 3 amide bonds. The summed E-state index contributed by atoms with van der Waals surface area (Å²) in [7, 11) is 1.60. The summed E-state index contributed by atoms with van der Waals surface area (Å²) in [5, 5.41) is 14.0. The lowest BCUT2D eigenvalue weighted by molar-refractivity contribution is -0.137. The predicted octanol–water partition coefficient (Wildman–Crippen LogP) is -0.133. The Labute approximate surface area is 133 Å². The van der Waals surface area contributed by atoms with E-state index in [0.717, 1.165) is 0 Å². The molecule has 1 aromatic rings. The molecule has 0 saturated heterocycles. The van der Waals surface area contributed by atoms with Gasteiger partial charge in [0.1, 0.15) is 5.75 Å². The Balaban J connectivity index is 2.10. The van der Waals surface area contributed by atoms with Crippen LogP contribution in [-0.4, -0.2) is 48.6 Å². The minimum absolute atomic E-state index is 0.0339. The average molecular weight is 321 g/mol. The standard InChI is InChI=1S/C15H19N3O5/c1-15(2,8-19)17-14(22)13(21)16-9-4-5-11-10(6-9)18(3)12(20)7-23-11/h4-6,19H,7-8H2,1-3H3,(H,16,21)(H,17,22). The van der Waals surface area contributed by atoms with Crippen molar-refractivity contribution in [2.24, 2.45) is 0 Å². The van der Waals surface area contributed by atoms with Crippen LogP contribution in [-0.2, 0) is 14.4 Å². The van der Waals surface area contributed by atoms with Crippen molar-refractivity contribution < 1.29 is 24.2 Å². The van der Waals surface area contributed by atoms with E-state index in [1.54, 1.807) is 39.1 Å². The number of likely N-dealkylation sites (N-methyl/N-ethyl adjacent to an activating group) is 1. The minimum Gasteiger partial charge on any atom is -0.482 e. The number of ether oxygens (including phenoxy) is 1. The molecule has 2 rings (SSSR count). The highest BCUT2D eigenvalue weighted by Gasteiger charge is 2.25. The molecule has 8 nitrogen and oxygen atoms in total. The third-order valence-corrected chi connectivity index (χ3v) is 3.36. The van der Waals surface area contributed by atoms with E-state index in [4.69, 9.17) is 9.84 Å². The molecule has 23 heavy (non-hydrogen) atoms. The minimum atomic E-state index is -0.898. The van der Waals surface area contributed by atoms with Gasteiger partial charge < -0.3 is 25.4 Å². The van der Waals surface area contributed by atoms with Crippen LogP contribution in [0.3, 0.4) is 0 Å². The van der Waals surface area contributed by atoms with Crippen molar-refractivity contribution in [1.29, 1.82) is 0 Å². The first kappa shape index (κ1) is 16.8. The molecule has 124 valence electrons. The molecule has 0 radical (unpaired) electrons. The number of fused-ring (bicyclic) bond motifs is 1. The quantitative estimate of drug-likeness (QED) is 0.672. The number of hydrogen-bond donors (Lipinski definition) is 3. The van der Waals surface area contributed by atoms with Gasteiger partial charge in [-0.3, -0.25) is 14.4 Å². The Kier molecular flexibility index (Phi) is 4.55. The van der Waals surface area contributed by atoms with E-state index in [2.05, 4.69) is 10.6 Å². The molecule has 0 aromatic heterocycles. The van der Waals surface area contributed by atoms with Crippen LogP contribution in [0, 0.1) is 0 Å². The first-order valence-electron chi connectivity index (χ1n) is 7.01. The van der Waals surface area contributed by atoms with E-state index in [1.165, 1.54) is 4.90 Å². The first-order valence-corrected chi connectivity index (χ1v) is 7.01. The zero-order chi connectivity index (χ0) is 17.2. The molecule has 0 bridgehead atoms. The molecule has 0 spiro atoms. The summed E-state index contributed by atoms with van der Waals surface area (Å²) in [4.78, 5) is 36.7. The molecule has 3 N–H and O–H groups in total. The number of aliphatic hydroxyl groups excluding tert-OH is 1. The SMILES string of the molecule is CN1C(=O)COc2ccc(NC(=O)C(=O)NC(C)(C)CO)cc21. The number of rotatable bonds is 3. The molecular formula is C15H19N3O5. The number of nitrogens with zero attached hydrogens (tertiary/aromatic N) is 1. The van der Waals surface area contributed by atoms with Gasteiger partial charge >= 0.3 is 11.8 Å².